The zero-order valence-electron chi connectivity index (χ0n) is 22.4. The third-order valence-electron chi connectivity index (χ3n) is 5.61. The van der Waals surface area contributed by atoms with Gasteiger partial charge >= 0.3 is 18.0 Å². The number of methoxy groups -OCH3 is 1. The Morgan fingerprint density at radius 2 is 1.85 bits per heavy atom. The summed E-state index contributed by atoms with van der Waals surface area (Å²) in [6.45, 7) is 4.86. The van der Waals surface area contributed by atoms with E-state index in [-0.39, 0.29) is 31.6 Å². The summed E-state index contributed by atoms with van der Waals surface area (Å²) in [7, 11) is 1.49. The Morgan fingerprint density at radius 3 is 2.45 bits per heavy atom. The number of hydrogen-bond donors (Lipinski definition) is 1. The van der Waals surface area contributed by atoms with Gasteiger partial charge in [-0.1, -0.05) is 29.8 Å². The Hall–Kier alpha value is -3.16. The van der Waals surface area contributed by atoms with Crippen LogP contribution in [0.2, 0.25) is 4.34 Å². The van der Waals surface area contributed by atoms with E-state index in [4.69, 9.17) is 21.1 Å². The fourth-order valence-corrected chi connectivity index (χ4v) is 4.95. The van der Waals surface area contributed by atoms with Gasteiger partial charge in [0.25, 0.3) is 0 Å². The molecule has 9 nitrogen and oxygen atoms in total. The van der Waals surface area contributed by atoms with Crippen molar-refractivity contribution in [3.05, 3.63) is 62.3 Å². The summed E-state index contributed by atoms with van der Waals surface area (Å²) >= 11 is 7.25. The highest BCUT2D eigenvalue weighted by molar-refractivity contribution is 7.19. The second kappa shape index (κ2) is 13.0. The lowest BCUT2D eigenvalue weighted by molar-refractivity contribution is -0.138. The number of amides is 1. The number of halogens is 4. The largest absolute Gasteiger partial charge is 0.444 e. The normalized spacial score (nSPS) is 12.8. The van der Waals surface area contributed by atoms with Crippen LogP contribution < -0.4 is 11.0 Å². The molecule has 3 rings (SSSR count). The fraction of sp³-hybridized carbons (Fsp3) is 0.462. The molecule has 1 amide bonds. The maximum Gasteiger partial charge on any atom is 0.416 e. The van der Waals surface area contributed by atoms with Crippen molar-refractivity contribution in [1.29, 1.82) is 0 Å². The molecule has 0 saturated carbocycles. The molecule has 40 heavy (non-hydrogen) atoms. The zero-order valence-corrected chi connectivity index (χ0v) is 24.0. The number of carbonyl (C=O) groups excluding carboxylic acids is 2. The summed E-state index contributed by atoms with van der Waals surface area (Å²) in [5.74, 6) is -0.148. The first kappa shape index (κ1) is 31.4. The van der Waals surface area contributed by atoms with Crippen LogP contribution in [0, 0.1) is 0 Å². The van der Waals surface area contributed by atoms with Crippen LogP contribution in [0.1, 0.15) is 50.8 Å². The molecular formula is C26H30ClF3N4O5S. The van der Waals surface area contributed by atoms with Gasteiger partial charge in [-0.15, -0.1) is 16.4 Å². The monoisotopic (exact) mass is 602 g/mol. The van der Waals surface area contributed by atoms with Gasteiger partial charge in [-0.25, -0.2) is 14.3 Å². The highest BCUT2D eigenvalue weighted by atomic mass is 35.5. The molecule has 0 fully saturated rings. The molecule has 1 unspecified atom stereocenters. The number of ketones is 1. The van der Waals surface area contributed by atoms with Crippen molar-refractivity contribution in [2.45, 2.75) is 64.5 Å². The third-order valence-corrected chi connectivity index (χ3v) is 6.83. The van der Waals surface area contributed by atoms with Crippen LogP contribution in [0.4, 0.5) is 18.0 Å². The molecule has 0 aliphatic heterocycles. The standard InChI is InChI=1S/C26H30ClF3N4O5S/c1-25(2,3)39-23(36)31-19(17-7-5-6-8-18(17)26(28,29)30)10-9-16(35)15-34-24(37)33(13-14-38-4)22(32-34)20-11-12-21(27)40-20/h5-8,11-12,19H,9-10,13-15H2,1-4H3,(H,31,36). The smallest absolute Gasteiger partial charge is 0.416 e. The molecule has 218 valence electrons. The molecular weight excluding hydrogens is 573 g/mol. The molecule has 0 saturated heterocycles. The summed E-state index contributed by atoms with van der Waals surface area (Å²) in [6.07, 6.45) is -6.02. The quantitative estimate of drug-likeness (QED) is 0.302. The van der Waals surface area contributed by atoms with Crippen molar-refractivity contribution in [1.82, 2.24) is 19.7 Å². The van der Waals surface area contributed by atoms with E-state index in [2.05, 4.69) is 10.4 Å². The van der Waals surface area contributed by atoms with E-state index in [0.29, 0.717) is 15.0 Å². The van der Waals surface area contributed by atoms with Gasteiger partial charge < -0.3 is 14.8 Å². The van der Waals surface area contributed by atoms with Gasteiger partial charge in [0.1, 0.15) is 12.1 Å². The Morgan fingerprint density at radius 1 is 1.15 bits per heavy atom. The molecule has 0 aliphatic carbocycles. The van der Waals surface area contributed by atoms with Crippen LogP contribution in [-0.2, 0) is 33.5 Å². The first-order chi connectivity index (χ1) is 18.7. The van der Waals surface area contributed by atoms with Gasteiger partial charge in [-0.3, -0.25) is 9.36 Å². The number of hydrogen-bond acceptors (Lipinski definition) is 7. The van der Waals surface area contributed by atoms with Crippen LogP contribution in [0.5, 0.6) is 0 Å². The van der Waals surface area contributed by atoms with Crippen molar-refractivity contribution < 1.29 is 32.2 Å². The summed E-state index contributed by atoms with van der Waals surface area (Å²) in [5.41, 5.74) is -2.57. The van der Waals surface area contributed by atoms with E-state index >= 15 is 0 Å². The van der Waals surface area contributed by atoms with Crippen molar-refractivity contribution in [2.75, 3.05) is 13.7 Å². The summed E-state index contributed by atoms with van der Waals surface area (Å²) in [5, 5.41) is 6.78. The highest BCUT2D eigenvalue weighted by Crippen LogP contribution is 2.36. The maximum absolute atomic E-state index is 13.7. The molecule has 2 heterocycles. The Labute approximate surface area is 237 Å². The van der Waals surface area contributed by atoms with Crippen molar-refractivity contribution in [3.63, 3.8) is 0 Å². The second-order valence-corrected chi connectivity index (χ2v) is 11.6. The predicted octanol–water partition coefficient (Wildman–Crippen LogP) is 5.71. The zero-order chi connectivity index (χ0) is 29.7. The second-order valence-electron chi connectivity index (χ2n) is 9.87. The first-order valence-electron chi connectivity index (χ1n) is 12.3. The summed E-state index contributed by atoms with van der Waals surface area (Å²) in [4.78, 5) is 39.1. The van der Waals surface area contributed by atoms with E-state index in [0.717, 1.165) is 10.7 Å². The number of nitrogens with one attached hydrogen (secondary N) is 1. The SMILES string of the molecule is COCCn1c(-c2ccc(Cl)s2)nn(CC(=O)CCC(NC(=O)OC(C)(C)C)c2ccccc2C(F)(F)F)c1=O. The number of thiophene rings is 1. The minimum absolute atomic E-state index is 0.169. The van der Waals surface area contributed by atoms with Crippen molar-refractivity contribution in [3.8, 4) is 10.7 Å². The molecule has 3 aromatic rings. The lowest BCUT2D eigenvalue weighted by Gasteiger charge is -2.25. The summed E-state index contributed by atoms with van der Waals surface area (Å²) < 4.78 is 54.4. The number of alkyl carbamates (subject to hydrolysis) is 1. The Balaban J connectivity index is 1.83. The van der Waals surface area contributed by atoms with Crippen LogP contribution in [-0.4, -0.2) is 45.5 Å². The number of ether oxygens (including phenoxy) is 2. The van der Waals surface area contributed by atoms with Gasteiger partial charge in [0, 0.05) is 13.5 Å². The minimum atomic E-state index is -4.68. The Kier molecular flexibility index (Phi) is 10.2. The molecule has 0 spiro atoms. The number of rotatable bonds is 11. The molecule has 1 N–H and O–H groups in total. The number of aromatic nitrogens is 3. The van der Waals surface area contributed by atoms with Gasteiger partial charge in [0.15, 0.2) is 11.6 Å². The van der Waals surface area contributed by atoms with E-state index in [1.807, 2.05) is 0 Å². The Bertz CT molecular complexity index is 1390. The molecule has 1 aromatic carbocycles. The van der Waals surface area contributed by atoms with Crippen LogP contribution in [0.25, 0.3) is 10.7 Å². The highest BCUT2D eigenvalue weighted by Gasteiger charge is 2.36. The van der Waals surface area contributed by atoms with Gasteiger partial charge in [-0.2, -0.15) is 13.2 Å². The molecule has 0 radical (unpaired) electrons. The first-order valence-corrected chi connectivity index (χ1v) is 13.5. The molecule has 14 heteroatoms. The van der Waals surface area contributed by atoms with Crippen molar-refractivity contribution in [2.24, 2.45) is 0 Å². The van der Waals surface area contributed by atoms with Gasteiger partial charge in [0.05, 0.1) is 34.0 Å². The maximum atomic E-state index is 13.7. The van der Waals surface area contributed by atoms with E-state index in [9.17, 15) is 27.6 Å². The lowest BCUT2D eigenvalue weighted by atomic mass is 9.95. The number of Topliss-reactive ketones (excluding diaryl/α,β-unsaturated/α-hetero) is 1. The van der Waals surface area contributed by atoms with E-state index in [1.165, 1.54) is 41.2 Å². The average Bonchev–Trinajstić information content (AvgIpc) is 3.41. The molecule has 2 aromatic heterocycles. The van der Waals surface area contributed by atoms with Crippen LogP contribution >= 0.6 is 22.9 Å². The molecule has 0 bridgehead atoms. The number of nitrogens with zero attached hydrogens (tertiary/aromatic N) is 3. The summed E-state index contributed by atoms with van der Waals surface area (Å²) in [6, 6.07) is 6.99. The predicted molar refractivity (Wildman–Crippen MR) is 144 cm³/mol. The topological polar surface area (TPSA) is 104 Å². The van der Waals surface area contributed by atoms with E-state index in [1.54, 1.807) is 32.9 Å². The molecule has 1 atom stereocenters. The number of alkyl halides is 3. The lowest BCUT2D eigenvalue weighted by Crippen LogP contribution is -2.36. The molecule has 0 aliphatic rings. The van der Waals surface area contributed by atoms with Gasteiger partial charge in [0.2, 0.25) is 0 Å². The number of carbonyl (C=O) groups is 2. The minimum Gasteiger partial charge on any atom is -0.444 e. The van der Waals surface area contributed by atoms with E-state index < -0.39 is 47.5 Å². The van der Waals surface area contributed by atoms with Crippen LogP contribution in [0.3, 0.4) is 0 Å². The average molecular weight is 603 g/mol. The van der Waals surface area contributed by atoms with Crippen molar-refractivity contribution >= 4 is 34.8 Å². The third kappa shape index (κ3) is 8.42. The number of benzene rings is 1. The van der Waals surface area contributed by atoms with Gasteiger partial charge in [-0.05, 0) is 51.0 Å². The fourth-order valence-electron chi connectivity index (χ4n) is 3.91. The van der Waals surface area contributed by atoms with Crippen LogP contribution in [0.15, 0.2) is 41.2 Å².